The van der Waals surface area contributed by atoms with Gasteiger partial charge in [-0.3, -0.25) is 4.79 Å². The van der Waals surface area contributed by atoms with E-state index in [1.54, 1.807) is 0 Å². The van der Waals surface area contributed by atoms with E-state index < -0.39 is 19.9 Å². The smallest absolute Gasteiger partial charge is 0.338 e. The maximum Gasteiger partial charge on any atom is 0.338 e. The van der Waals surface area contributed by atoms with Gasteiger partial charge in [0.25, 0.3) is 5.52 Å². The van der Waals surface area contributed by atoms with Crippen LogP contribution in [0.2, 0.25) is 0 Å². The van der Waals surface area contributed by atoms with Crippen molar-refractivity contribution in [3.8, 4) is 0 Å². The third-order valence-corrected chi connectivity index (χ3v) is 2.25. The summed E-state index contributed by atoms with van der Waals surface area (Å²) >= 11 is 0. The number of carbonyl (C=O) groups is 2. The highest BCUT2D eigenvalue weighted by Gasteiger charge is 2.27. The van der Waals surface area contributed by atoms with Crippen molar-refractivity contribution in [3.63, 3.8) is 0 Å². The first-order chi connectivity index (χ1) is 6.63. The van der Waals surface area contributed by atoms with Gasteiger partial charge in [-0.05, 0) is 6.92 Å². The number of hydrogen-bond donors (Lipinski definition) is 1. The Morgan fingerprint density at radius 3 is 2.20 bits per heavy atom. The lowest BCUT2D eigenvalue weighted by Crippen LogP contribution is -2.39. The largest absolute Gasteiger partial charge is 0.407 e. The van der Waals surface area contributed by atoms with E-state index in [-0.39, 0.29) is 12.1 Å². The van der Waals surface area contributed by atoms with Gasteiger partial charge in [-0.15, -0.1) is 0 Å². The summed E-state index contributed by atoms with van der Waals surface area (Å²) in [6.45, 7) is 4.92. The fraction of sp³-hybridized carbons (Fsp3) is 0.556. The SMILES string of the molecule is C=C(C)C(=O)OP(O)C(=O)C[N+](C)(C)C. The molecule has 0 radical (unpaired) electrons. The minimum absolute atomic E-state index is 0.117. The van der Waals surface area contributed by atoms with Crippen molar-refractivity contribution in [1.29, 1.82) is 0 Å². The van der Waals surface area contributed by atoms with Crippen LogP contribution >= 0.6 is 8.38 Å². The first-order valence-corrected chi connectivity index (χ1v) is 5.55. The first-order valence-electron chi connectivity index (χ1n) is 4.33. The van der Waals surface area contributed by atoms with Crippen LogP contribution in [0.15, 0.2) is 12.2 Å². The molecule has 0 aliphatic heterocycles. The molecule has 0 saturated carbocycles. The quantitative estimate of drug-likeness (QED) is 0.431. The van der Waals surface area contributed by atoms with Crippen molar-refractivity contribution in [3.05, 3.63) is 12.2 Å². The van der Waals surface area contributed by atoms with E-state index in [0.717, 1.165) is 0 Å². The average Bonchev–Trinajstić information content (AvgIpc) is 2.00. The molecule has 15 heavy (non-hydrogen) atoms. The molecule has 0 fully saturated rings. The maximum absolute atomic E-state index is 11.4. The van der Waals surface area contributed by atoms with E-state index in [1.165, 1.54) is 6.92 Å². The van der Waals surface area contributed by atoms with Gasteiger partial charge in [-0.1, -0.05) is 6.58 Å². The highest BCUT2D eigenvalue weighted by atomic mass is 31.2. The van der Waals surface area contributed by atoms with Crippen molar-refractivity contribution in [2.75, 3.05) is 27.7 Å². The number of nitrogens with zero attached hydrogens (tertiary/aromatic N) is 1. The fourth-order valence-corrected chi connectivity index (χ4v) is 1.63. The van der Waals surface area contributed by atoms with Crippen LogP contribution in [0.4, 0.5) is 0 Å². The van der Waals surface area contributed by atoms with E-state index >= 15 is 0 Å². The van der Waals surface area contributed by atoms with E-state index in [0.29, 0.717) is 4.48 Å². The topological polar surface area (TPSA) is 63.6 Å². The second kappa shape index (κ2) is 5.35. The molecule has 0 aromatic carbocycles. The molecule has 0 saturated heterocycles. The lowest BCUT2D eigenvalue weighted by Gasteiger charge is -2.23. The normalized spacial score (nSPS) is 13.1. The Morgan fingerprint density at radius 2 is 1.87 bits per heavy atom. The van der Waals surface area contributed by atoms with Crippen molar-refractivity contribution in [1.82, 2.24) is 0 Å². The molecular formula is C9H17NO4P+. The van der Waals surface area contributed by atoms with Crippen LogP contribution in [0, 0.1) is 0 Å². The minimum atomic E-state index is -2.34. The maximum atomic E-state index is 11.4. The van der Waals surface area contributed by atoms with Crippen LogP contribution in [0.3, 0.4) is 0 Å². The van der Waals surface area contributed by atoms with Gasteiger partial charge in [0.15, 0.2) is 0 Å². The molecule has 86 valence electrons. The monoisotopic (exact) mass is 234 g/mol. The Labute approximate surface area is 90.8 Å². The van der Waals surface area contributed by atoms with Gasteiger partial charge in [0, 0.05) is 5.57 Å². The third kappa shape index (κ3) is 6.33. The molecule has 0 heterocycles. The predicted molar refractivity (Wildman–Crippen MR) is 58.0 cm³/mol. The number of carbonyl (C=O) groups excluding carboxylic acids is 2. The Balaban J connectivity index is 4.23. The molecule has 1 unspecified atom stereocenters. The van der Waals surface area contributed by atoms with Crippen molar-refractivity contribution < 1.29 is 23.5 Å². The Hall–Kier alpha value is -0.770. The van der Waals surface area contributed by atoms with Crippen LogP contribution in [0.1, 0.15) is 6.92 Å². The molecule has 5 nitrogen and oxygen atoms in total. The third-order valence-electron chi connectivity index (χ3n) is 1.34. The van der Waals surface area contributed by atoms with Gasteiger partial charge in [0.1, 0.15) is 6.54 Å². The Morgan fingerprint density at radius 1 is 1.40 bits per heavy atom. The van der Waals surface area contributed by atoms with Crippen LogP contribution in [0.5, 0.6) is 0 Å². The summed E-state index contributed by atoms with van der Waals surface area (Å²) in [5, 5.41) is 0. The van der Waals surface area contributed by atoms with Crippen molar-refractivity contribution >= 4 is 19.9 Å². The van der Waals surface area contributed by atoms with Crippen LogP contribution < -0.4 is 0 Å². The second-order valence-electron chi connectivity index (χ2n) is 4.27. The number of likely N-dealkylation sites (N-methyl/N-ethyl adjacent to an activating group) is 1. The Bertz CT molecular complexity index is 282. The highest BCUT2D eigenvalue weighted by molar-refractivity contribution is 7.65. The highest BCUT2D eigenvalue weighted by Crippen LogP contribution is 2.33. The number of rotatable bonds is 5. The molecule has 6 heteroatoms. The molecule has 0 aliphatic rings. The first kappa shape index (κ1) is 14.2. The van der Waals surface area contributed by atoms with Crippen molar-refractivity contribution in [2.24, 2.45) is 0 Å². The Kier molecular flexibility index (Phi) is 5.08. The van der Waals surface area contributed by atoms with Gasteiger partial charge >= 0.3 is 14.3 Å². The summed E-state index contributed by atoms with van der Waals surface area (Å²) in [6.07, 6.45) is 0. The van der Waals surface area contributed by atoms with E-state index in [2.05, 4.69) is 11.1 Å². The van der Waals surface area contributed by atoms with E-state index in [1.807, 2.05) is 21.1 Å². The number of quaternary nitrogens is 1. The van der Waals surface area contributed by atoms with Crippen LogP contribution in [-0.4, -0.2) is 48.6 Å². The molecular weight excluding hydrogens is 217 g/mol. The fourth-order valence-electron chi connectivity index (χ4n) is 0.674. The van der Waals surface area contributed by atoms with E-state index in [4.69, 9.17) is 0 Å². The molecule has 0 aromatic rings. The van der Waals surface area contributed by atoms with Gasteiger partial charge < -0.3 is 13.9 Å². The van der Waals surface area contributed by atoms with Crippen LogP contribution in [-0.2, 0) is 14.1 Å². The molecule has 0 aliphatic carbocycles. The summed E-state index contributed by atoms with van der Waals surface area (Å²) in [5.41, 5.74) is -0.304. The van der Waals surface area contributed by atoms with Gasteiger partial charge in [-0.25, -0.2) is 4.79 Å². The number of hydrogen-bond acceptors (Lipinski definition) is 4. The predicted octanol–water partition coefficient (Wildman–Crippen LogP) is 0.643. The molecule has 0 rings (SSSR count). The summed E-state index contributed by atoms with van der Waals surface area (Å²) < 4.78 is 4.92. The van der Waals surface area contributed by atoms with Gasteiger partial charge in [0.2, 0.25) is 0 Å². The van der Waals surface area contributed by atoms with Gasteiger partial charge in [0.05, 0.1) is 21.1 Å². The zero-order valence-corrected chi connectivity index (χ0v) is 10.4. The minimum Gasteiger partial charge on any atom is -0.407 e. The average molecular weight is 234 g/mol. The molecule has 0 amide bonds. The summed E-state index contributed by atoms with van der Waals surface area (Å²) in [7, 11) is 3.08. The zero-order valence-electron chi connectivity index (χ0n) is 9.48. The zero-order chi connectivity index (χ0) is 12.2. The lowest BCUT2D eigenvalue weighted by atomic mass is 10.4. The molecule has 0 aromatic heterocycles. The van der Waals surface area contributed by atoms with Crippen molar-refractivity contribution in [2.45, 2.75) is 6.92 Å². The van der Waals surface area contributed by atoms with Crippen LogP contribution in [0.25, 0.3) is 0 Å². The lowest BCUT2D eigenvalue weighted by molar-refractivity contribution is -0.861. The summed E-state index contributed by atoms with van der Waals surface area (Å²) in [5.74, 6) is -0.738. The molecule has 1 atom stereocenters. The summed E-state index contributed by atoms with van der Waals surface area (Å²) in [4.78, 5) is 31.7. The van der Waals surface area contributed by atoms with E-state index in [9.17, 15) is 14.5 Å². The standard InChI is InChI=1S/C9H17NO4P/c1-7(2)9(12)14-15(13)8(11)6-10(3,4)5/h13H,1,6H2,2-5H3/q+1. The molecule has 0 bridgehead atoms. The molecule has 0 spiro atoms. The molecule has 1 N–H and O–H groups in total. The van der Waals surface area contributed by atoms with Gasteiger partial charge in [-0.2, -0.15) is 0 Å². The summed E-state index contributed by atoms with van der Waals surface area (Å²) in [6, 6.07) is 0. The second-order valence-corrected chi connectivity index (χ2v) is 5.50.